The number of amidine groups is 1. The molecule has 0 fully saturated rings. The molecular formula is C20H16N2O3S. The monoisotopic (exact) mass is 364 g/mol. The zero-order valence-corrected chi connectivity index (χ0v) is 14.6. The molecule has 0 spiro atoms. The highest BCUT2D eigenvalue weighted by Gasteiger charge is 2.24. The molecule has 1 N–H and O–H groups in total. The number of hydrogen-bond donors (Lipinski definition) is 1. The maximum atomic E-state index is 12.3. The number of nitrogens with zero attached hydrogens (tertiary/aromatic N) is 1. The maximum Gasteiger partial charge on any atom is 0.286 e. The molecule has 1 aliphatic rings. The highest BCUT2D eigenvalue weighted by molar-refractivity contribution is 7.90. The van der Waals surface area contributed by atoms with Crippen LogP contribution in [0, 0.1) is 0 Å². The van der Waals surface area contributed by atoms with Gasteiger partial charge in [-0.25, -0.2) is 0 Å². The molecule has 0 unspecified atom stereocenters. The van der Waals surface area contributed by atoms with Crippen LogP contribution in [0.4, 0.5) is 5.69 Å². The number of para-hydroxylation sites is 1. The first kappa shape index (κ1) is 16.4. The number of rotatable bonds is 4. The molecule has 6 heteroatoms. The van der Waals surface area contributed by atoms with Gasteiger partial charge >= 0.3 is 0 Å². The van der Waals surface area contributed by atoms with Crippen LogP contribution >= 0.6 is 0 Å². The lowest BCUT2D eigenvalue weighted by molar-refractivity contribution is 0.306. The van der Waals surface area contributed by atoms with Gasteiger partial charge in [0.25, 0.3) is 10.0 Å². The molecule has 0 radical (unpaired) electrons. The van der Waals surface area contributed by atoms with Crippen molar-refractivity contribution in [1.82, 2.24) is 0 Å². The van der Waals surface area contributed by atoms with Crippen LogP contribution in [0.5, 0.6) is 5.75 Å². The molecule has 26 heavy (non-hydrogen) atoms. The Bertz CT molecular complexity index is 1060. The lowest BCUT2D eigenvalue weighted by Gasteiger charge is -2.18. The number of fused-ring (bicyclic) bond motifs is 1. The van der Waals surface area contributed by atoms with Crippen LogP contribution in [0.3, 0.4) is 0 Å². The minimum atomic E-state index is -3.70. The second-order valence-corrected chi connectivity index (χ2v) is 7.41. The molecule has 0 bridgehead atoms. The van der Waals surface area contributed by atoms with Gasteiger partial charge < -0.3 is 10.1 Å². The van der Waals surface area contributed by atoms with Crippen molar-refractivity contribution in [3.63, 3.8) is 0 Å². The van der Waals surface area contributed by atoms with Crippen molar-refractivity contribution in [1.29, 1.82) is 0 Å². The first-order valence-corrected chi connectivity index (χ1v) is 9.54. The van der Waals surface area contributed by atoms with Crippen LogP contribution in [-0.2, 0) is 16.6 Å². The van der Waals surface area contributed by atoms with Crippen LogP contribution in [0.1, 0.15) is 11.1 Å². The van der Waals surface area contributed by atoms with E-state index in [1.807, 2.05) is 30.3 Å². The van der Waals surface area contributed by atoms with E-state index in [1.54, 1.807) is 48.5 Å². The van der Waals surface area contributed by atoms with Crippen molar-refractivity contribution >= 4 is 21.5 Å². The Hall–Kier alpha value is -3.12. The Morgan fingerprint density at radius 3 is 2.31 bits per heavy atom. The first-order valence-electron chi connectivity index (χ1n) is 8.10. The van der Waals surface area contributed by atoms with E-state index in [-0.39, 0.29) is 4.90 Å². The molecule has 0 saturated carbocycles. The smallest absolute Gasteiger partial charge is 0.286 e. The molecule has 5 nitrogen and oxygen atoms in total. The highest BCUT2D eigenvalue weighted by Crippen LogP contribution is 2.28. The first-order chi connectivity index (χ1) is 12.6. The standard InChI is InChI=1S/C20H16N2O3S/c23-26(24)19-9-5-4-8-18(19)21-20(22-26)16-10-12-17(13-11-16)25-14-15-6-2-1-3-7-15/h1-13H,14H2,(H,21,22). The summed E-state index contributed by atoms with van der Waals surface area (Å²) in [4.78, 5) is 0.187. The quantitative estimate of drug-likeness (QED) is 0.764. The van der Waals surface area contributed by atoms with Crippen molar-refractivity contribution < 1.29 is 13.2 Å². The second-order valence-electron chi connectivity index (χ2n) is 5.83. The van der Waals surface area contributed by atoms with Gasteiger partial charge in [-0.15, -0.1) is 4.40 Å². The molecule has 0 saturated heterocycles. The van der Waals surface area contributed by atoms with Crippen LogP contribution in [-0.4, -0.2) is 14.3 Å². The van der Waals surface area contributed by atoms with Crippen LogP contribution in [0.2, 0.25) is 0 Å². The lowest BCUT2D eigenvalue weighted by Crippen LogP contribution is -2.22. The fourth-order valence-corrected chi connectivity index (χ4v) is 3.83. The van der Waals surface area contributed by atoms with E-state index in [1.165, 1.54) is 0 Å². The molecule has 0 aliphatic carbocycles. The molecule has 4 rings (SSSR count). The van der Waals surface area contributed by atoms with Crippen molar-refractivity contribution in [2.75, 3.05) is 5.32 Å². The fraction of sp³-hybridized carbons (Fsp3) is 0.0500. The third-order valence-electron chi connectivity index (χ3n) is 4.01. The third kappa shape index (κ3) is 3.32. The Labute approximate surface area is 152 Å². The van der Waals surface area contributed by atoms with Crippen molar-refractivity contribution in [3.8, 4) is 5.75 Å². The van der Waals surface area contributed by atoms with Gasteiger partial charge in [-0.1, -0.05) is 42.5 Å². The molecule has 3 aromatic rings. The maximum absolute atomic E-state index is 12.3. The molecule has 1 aliphatic heterocycles. The summed E-state index contributed by atoms with van der Waals surface area (Å²) in [6.07, 6.45) is 0. The summed E-state index contributed by atoms with van der Waals surface area (Å²) in [5.74, 6) is 1.01. The number of nitrogens with one attached hydrogen (secondary N) is 1. The predicted molar refractivity (Wildman–Crippen MR) is 101 cm³/mol. The van der Waals surface area contributed by atoms with Crippen LogP contribution < -0.4 is 10.1 Å². The number of hydrogen-bond acceptors (Lipinski definition) is 4. The van der Waals surface area contributed by atoms with Gasteiger partial charge in [0.2, 0.25) is 0 Å². The zero-order valence-electron chi connectivity index (χ0n) is 13.8. The van der Waals surface area contributed by atoms with Gasteiger partial charge in [-0.05, 0) is 42.0 Å². The molecule has 0 amide bonds. The van der Waals surface area contributed by atoms with E-state index in [2.05, 4.69) is 9.71 Å². The summed E-state index contributed by atoms with van der Waals surface area (Å²) in [6.45, 7) is 0.473. The number of anilines is 1. The van der Waals surface area contributed by atoms with Gasteiger partial charge in [0.1, 0.15) is 17.3 Å². The molecule has 1 heterocycles. The van der Waals surface area contributed by atoms with Crippen LogP contribution in [0.25, 0.3) is 0 Å². The molecule has 0 aromatic heterocycles. The zero-order chi connectivity index (χ0) is 18.0. The third-order valence-corrected chi connectivity index (χ3v) is 5.34. The summed E-state index contributed by atoms with van der Waals surface area (Å²) < 4.78 is 34.3. The van der Waals surface area contributed by atoms with E-state index in [0.717, 1.165) is 5.56 Å². The minimum absolute atomic E-state index is 0.187. The topological polar surface area (TPSA) is 67.8 Å². The Morgan fingerprint density at radius 1 is 0.846 bits per heavy atom. The van der Waals surface area contributed by atoms with E-state index < -0.39 is 10.0 Å². The van der Waals surface area contributed by atoms with Gasteiger partial charge in [-0.2, -0.15) is 8.42 Å². The average Bonchev–Trinajstić information content (AvgIpc) is 2.67. The average molecular weight is 364 g/mol. The summed E-state index contributed by atoms with van der Waals surface area (Å²) in [6, 6.07) is 23.8. The van der Waals surface area contributed by atoms with Gasteiger partial charge in [-0.3, -0.25) is 0 Å². The molecule has 130 valence electrons. The normalized spacial score (nSPS) is 14.7. The van der Waals surface area contributed by atoms with Crippen LogP contribution in [0.15, 0.2) is 88.2 Å². The summed E-state index contributed by atoms with van der Waals surface area (Å²) in [7, 11) is -3.70. The van der Waals surface area contributed by atoms with E-state index in [0.29, 0.717) is 29.4 Å². The summed E-state index contributed by atoms with van der Waals surface area (Å²) >= 11 is 0. The Balaban J connectivity index is 1.53. The summed E-state index contributed by atoms with van der Waals surface area (Å²) in [5, 5.41) is 3.08. The number of sulfonamides is 1. The predicted octanol–water partition coefficient (Wildman–Crippen LogP) is 3.83. The minimum Gasteiger partial charge on any atom is -0.489 e. The fourth-order valence-electron chi connectivity index (χ4n) is 2.69. The van der Waals surface area contributed by atoms with E-state index >= 15 is 0 Å². The Morgan fingerprint density at radius 2 is 1.54 bits per heavy atom. The lowest BCUT2D eigenvalue weighted by atomic mass is 10.2. The van der Waals surface area contributed by atoms with Crippen molar-refractivity contribution in [2.45, 2.75) is 11.5 Å². The number of benzene rings is 3. The molecule has 0 atom stereocenters. The molecular weight excluding hydrogens is 348 g/mol. The number of ether oxygens (including phenoxy) is 1. The Kier molecular flexibility index (Phi) is 4.18. The largest absolute Gasteiger partial charge is 0.489 e. The van der Waals surface area contributed by atoms with Crippen molar-refractivity contribution in [2.24, 2.45) is 4.40 Å². The van der Waals surface area contributed by atoms with Gasteiger partial charge in [0.05, 0.1) is 5.69 Å². The van der Waals surface area contributed by atoms with E-state index in [9.17, 15) is 8.42 Å². The highest BCUT2D eigenvalue weighted by atomic mass is 32.2. The molecule has 3 aromatic carbocycles. The SMILES string of the molecule is O=S1(=O)N=C(c2ccc(OCc3ccccc3)cc2)Nc2ccccc21. The van der Waals surface area contributed by atoms with E-state index in [4.69, 9.17) is 4.74 Å². The summed E-state index contributed by atoms with van der Waals surface area (Å²) in [5.41, 5.74) is 2.29. The second kappa shape index (κ2) is 6.65. The van der Waals surface area contributed by atoms with Crippen molar-refractivity contribution in [3.05, 3.63) is 90.0 Å². The van der Waals surface area contributed by atoms with Gasteiger partial charge in [0.15, 0.2) is 5.84 Å². The van der Waals surface area contributed by atoms with Gasteiger partial charge in [0, 0.05) is 5.56 Å².